The van der Waals surface area contributed by atoms with Gasteiger partial charge in [-0.25, -0.2) is 0 Å². The molecule has 0 aliphatic carbocycles. The average molecular weight is 295 g/mol. The zero-order chi connectivity index (χ0) is 14.5. The van der Waals surface area contributed by atoms with Crippen molar-refractivity contribution in [1.82, 2.24) is 4.90 Å². The monoisotopic (exact) mass is 294 g/mol. The minimum absolute atomic E-state index is 0.0123. The summed E-state index contributed by atoms with van der Waals surface area (Å²) < 4.78 is 0. The lowest BCUT2D eigenvalue weighted by Gasteiger charge is -2.31. The van der Waals surface area contributed by atoms with Gasteiger partial charge in [0.1, 0.15) is 0 Å². The molecular formula is C15H19ClN2O2. The van der Waals surface area contributed by atoms with Crippen LogP contribution in [0.15, 0.2) is 24.3 Å². The Labute approximate surface area is 124 Å². The molecule has 0 aromatic heterocycles. The van der Waals surface area contributed by atoms with E-state index >= 15 is 0 Å². The summed E-state index contributed by atoms with van der Waals surface area (Å²) in [4.78, 5) is 25.6. The van der Waals surface area contributed by atoms with Gasteiger partial charge in [-0.3, -0.25) is 9.59 Å². The SMILES string of the molecule is CCC(=O)N1CCC(C(=O)Nc2ccccc2Cl)CC1. The summed E-state index contributed by atoms with van der Waals surface area (Å²) in [6.45, 7) is 3.18. The van der Waals surface area contributed by atoms with Gasteiger partial charge < -0.3 is 10.2 Å². The fourth-order valence-electron chi connectivity index (χ4n) is 2.41. The second kappa shape index (κ2) is 6.75. The highest BCUT2D eigenvalue weighted by Crippen LogP contribution is 2.24. The third-order valence-corrected chi connectivity index (χ3v) is 3.98. The molecule has 0 saturated carbocycles. The van der Waals surface area contributed by atoms with E-state index in [0.717, 1.165) is 0 Å². The van der Waals surface area contributed by atoms with Crippen molar-refractivity contribution in [1.29, 1.82) is 0 Å². The Bertz CT molecular complexity index is 496. The molecule has 5 heteroatoms. The molecule has 1 aliphatic rings. The Kier molecular flexibility index (Phi) is 5.01. The van der Waals surface area contributed by atoms with Crippen LogP contribution in [0.1, 0.15) is 26.2 Å². The number of likely N-dealkylation sites (tertiary alicyclic amines) is 1. The zero-order valence-electron chi connectivity index (χ0n) is 11.6. The van der Waals surface area contributed by atoms with Crippen molar-refractivity contribution in [3.8, 4) is 0 Å². The van der Waals surface area contributed by atoms with E-state index in [-0.39, 0.29) is 17.7 Å². The van der Waals surface area contributed by atoms with E-state index in [1.165, 1.54) is 0 Å². The maximum Gasteiger partial charge on any atom is 0.227 e. The highest BCUT2D eigenvalue weighted by atomic mass is 35.5. The fraction of sp³-hybridized carbons (Fsp3) is 0.467. The van der Waals surface area contributed by atoms with Crippen molar-refractivity contribution in [2.24, 2.45) is 5.92 Å². The Hall–Kier alpha value is -1.55. The Morgan fingerprint density at radius 3 is 2.55 bits per heavy atom. The maximum atomic E-state index is 12.2. The lowest BCUT2D eigenvalue weighted by Crippen LogP contribution is -2.41. The van der Waals surface area contributed by atoms with Gasteiger partial charge in [-0.2, -0.15) is 0 Å². The normalized spacial score (nSPS) is 16.0. The van der Waals surface area contributed by atoms with Crippen LogP contribution in [0.25, 0.3) is 0 Å². The Morgan fingerprint density at radius 1 is 1.30 bits per heavy atom. The van der Waals surface area contributed by atoms with E-state index in [2.05, 4.69) is 5.32 Å². The van der Waals surface area contributed by atoms with Crippen LogP contribution in [-0.4, -0.2) is 29.8 Å². The molecule has 0 radical (unpaired) electrons. The molecule has 1 saturated heterocycles. The third-order valence-electron chi connectivity index (χ3n) is 3.65. The van der Waals surface area contributed by atoms with Crippen LogP contribution in [0, 0.1) is 5.92 Å². The van der Waals surface area contributed by atoms with Crippen molar-refractivity contribution >= 4 is 29.1 Å². The largest absolute Gasteiger partial charge is 0.343 e. The Morgan fingerprint density at radius 2 is 1.95 bits per heavy atom. The predicted octanol–water partition coefficient (Wildman–Crippen LogP) is 2.93. The van der Waals surface area contributed by atoms with Gasteiger partial charge in [-0.15, -0.1) is 0 Å². The quantitative estimate of drug-likeness (QED) is 0.932. The number of nitrogens with zero attached hydrogens (tertiary/aromatic N) is 1. The molecule has 0 bridgehead atoms. The fourth-order valence-corrected chi connectivity index (χ4v) is 2.60. The standard InChI is InChI=1S/C15H19ClN2O2/c1-2-14(19)18-9-7-11(8-10-18)15(20)17-13-6-4-3-5-12(13)16/h3-6,11H,2,7-10H2,1H3,(H,17,20). The van der Waals surface area contributed by atoms with Crippen molar-refractivity contribution in [2.45, 2.75) is 26.2 Å². The first-order chi connectivity index (χ1) is 9.61. The number of para-hydroxylation sites is 1. The number of hydrogen-bond donors (Lipinski definition) is 1. The van der Waals surface area contributed by atoms with Crippen molar-refractivity contribution in [2.75, 3.05) is 18.4 Å². The number of rotatable bonds is 3. The first-order valence-electron chi connectivity index (χ1n) is 6.95. The lowest BCUT2D eigenvalue weighted by atomic mass is 9.95. The summed E-state index contributed by atoms with van der Waals surface area (Å²) in [6.07, 6.45) is 1.94. The van der Waals surface area contributed by atoms with E-state index in [1.807, 2.05) is 24.0 Å². The second-order valence-corrected chi connectivity index (χ2v) is 5.38. The molecule has 0 unspecified atom stereocenters. The molecule has 20 heavy (non-hydrogen) atoms. The number of benzene rings is 1. The molecule has 1 aliphatic heterocycles. The van der Waals surface area contributed by atoms with Gasteiger partial charge in [0.25, 0.3) is 0 Å². The first-order valence-corrected chi connectivity index (χ1v) is 7.32. The lowest BCUT2D eigenvalue weighted by molar-refractivity contribution is -0.134. The molecule has 4 nitrogen and oxygen atoms in total. The predicted molar refractivity (Wildman–Crippen MR) is 79.7 cm³/mol. The molecule has 2 amide bonds. The average Bonchev–Trinajstić information content (AvgIpc) is 2.49. The summed E-state index contributed by atoms with van der Waals surface area (Å²) in [5.41, 5.74) is 0.645. The summed E-state index contributed by atoms with van der Waals surface area (Å²) in [6, 6.07) is 7.20. The number of piperidine rings is 1. The van der Waals surface area contributed by atoms with E-state index < -0.39 is 0 Å². The van der Waals surface area contributed by atoms with Gasteiger partial charge in [0.15, 0.2) is 0 Å². The van der Waals surface area contributed by atoms with Crippen molar-refractivity contribution in [3.05, 3.63) is 29.3 Å². The minimum Gasteiger partial charge on any atom is -0.343 e. The first kappa shape index (κ1) is 14.9. The topological polar surface area (TPSA) is 49.4 Å². The van der Waals surface area contributed by atoms with E-state index in [1.54, 1.807) is 12.1 Å². The number of anilines is 1. The Balaban J connectivity index is 1.89. The van der Waals surface area contributed by atoms with Crippen LogP contribution in [0.5, 0.6) is 0 Å². The van der Waals surface area contributed by atoms with Crippen LogP contribution in [0.2, 0.25) is 5.02 Å². The summed E-state index contributed by atoms with van der Waals surface area (Å²) in [5.74, 6) is 0.101. The number of halogens is 1. The zero-order valence-corrected chi connectivity index (χ0v) is 12.3. The van der Waals surface area contributed by atoms with Crippen LogP contribution in [-0.2, 0) is 9.59 Å². The van der Waals surface area contributed by atoms with Gasteiger partial charge in [0.2, 0.25) is 11.8 Å². The highest BCUT2D eigenvalue weighted by Gasteiger charge is 2.26. The molecule has 0 atom stereocenters. The second-order valence-electron chi connectivity index (χ2n) is 4.98. The summed E-state index contributed by atoms with van der Waals surface area (Å²) in [7, 11) is 0. The highest BCUT2D eigenvalue weighted by molar-refractivity contribution is 6.33. The van der Waals surface area contributed by atoms with Crippen molar-refractivity contribution in [3.63, 3.8) is 0 Å². The molecule has 1 N–H and O–H groups in total. The molecule has 1 fully saturated rings. The van der Waals surface area contributed by atoms with Crippen LogP contribution >= 0.6 is 11.6 Å². The van der Waals surface area contributed by atoms with Gasteiger partial charge in [-0.05, 0) is 25.0 Å². The van der Waals surface area contributed by atoms with E-state index in [0.29, 0.717) is 43.1 Å². The van der Waals surface area contributed by atoms with Crippen LogP contribution in [0.4, 0.5) is 5.69 Å². The van der Waals surface area contributed by atoms with Crippen LogP contribution < -0.4 is 5.32 Å². The van der Waals surface area contributed by atoms with Gasteiger partial charge in [-0.1, -0.05) is 30.7 Å². The van der Waals surface area contributed by atoms with Gasteiger partial charge >= 0.3 is 0 Å². The van der Waals surface area contributed by atoms with E-state index in [4.69, 9.17) is 11.6 Å². The molecular weight excluding hydrogens is 276 g/mol. The number of hydrogen-bond acceptors (Lipinski definition) is 2. The van der Waals surface area contributed by atoms with Gasteiger partial charge in [0, 0.05) is 25.4 Å². The number of carbonyl (C=O) groups excluding carboxylic acids is 2. The number of carbonyl (C=O) groups is 2. The summed E-state index contributed by atoms with van der Waals surface area (Å²) >= 11 is 6.02. The van der Waals surface area contributed by atoms with Crippen LogP contribution in [0.3, 0.4) is 0 Å². The number of amides is 2. The minimum atomic E-state index is -0.0489. The van der Waals surface area contributed by atoms with Crippen molar-refractivity contribution < 1.29 is 9.59 Å². The number of nitrogens with one attached hydrogen (secondary N) is 1. The molecule has 1 heterocycles. The molecule has 1 aromatic rings. The third kappa shape index (κ3) is 3.51. The molecule has 108 valence electrons. The van der Waals surface area contributed by atoms with E-state index in [9.17, 15) is 9.59 Å². The molecule has 0 spiro atoms. The summed E-state index contributed by atoms with van der Waals surface area (Å²) in [5, 5.41) is 3.40. The molecule has 2 rings (SSSR count). The molecule has 1 aromatic carbocycles. The van der Waals surface area contributed by atoms with Gasteiger partial charge in [0.05, 0.1) is 10.7 Å². The smallest absolute Gasteiger partial charge is 0.227 e. The maximum absolute atomic E-state index is 12.2.